The van der Waals surface area contributed by atoms with Crippen molar-refractivity contribution in [1.29, 1.82) is 0 Å². The highest BCUT2D eigenvalue weighted by atomic mass is 16.3. The Balaban J connectivity index is 1.38. The lowest BCUT2D eigenvalue weighted by atomic mass is 10.1. The van der Waals surface area contributed by atoms with Crippen LogP contribution in [0.3, 0.4) is 0 Å². The Kier molecular flexibility index (Phi) is 5.22. The zero-order chi connectivity index (χ0) is 20.4. The first-order valence-corrected chi connectivity index (χ1v) is 9.61. The van der Waals surface area contributed by atoms with E-state index in [1.165, 1.54) is 4.68 Å². The average Bonchev–Trinajstić information content (AvgIpc) is 3.14. The number of nitrogens with zero attached hydrogens (tertiary/aromatic N) is 4. The second-order valence-corrected chi connectivity index (χ2v) is 7.24. The molecular weight excluding hydrogens is 372 g/mol. The lowest BCUT2D eigenvalue weighted by Gasteiger charge is -2.33. The summed E-state index contributed by atoms with van der Waals surface area (Å²) in [6.07, 6.45) is 5.58. The number of allylic oxidation sites excluding steroid dienone is 2. The first kappa shape index (κ1) is 19.0. The molecule has 1 aromatic carbocycles. The number of urea groups is 1. The molecule has 3 heterocycles. The van der Waals surface area contributed by atoms with Crippen molar-refractivity contribution in [3.05, 3.63) is 64.9 Å². The van der Waals surface area contributed by atoms with E-state index in [1.807, 2.05) is 30.3 Å². The molecule has 0 bridgehead atoms. The summed E-state index contributed by atoms with van der Waals surface area (Å²) < 4.78 is 1.49. The first-order chi connectivity index (χ1) is 14.0. The smallest absolute Gasteiger partial charge is 0.343 e. The number of carbonyl (C=O) groups excluding carboxylic acids is 1. The molecular formula is C20H24N6O3. The summed E-state index contributed by atoms with van der Waals surface area (Å²) in [6, 6.07) is 9.19. The van der Waals surface area contributed by atoms with Gasteiger partial charge < -0.3 is 20.2 Å². The summed E-state index contributed by atoms with van der Waals surface area (Å²) in [6.45, 7) is 1.01. The van der Waals surface area contributed by atoms with Crippen LogP contribution in [-0.2, 0) is 0 Å². The first-order valence-electron chi connectivity index (χ1n) is 9.61. The largest absolute Gasteiger partial charge is 0.368 e. The Hall–Kier alpha value is -3.33. The second-order valence-electron chi connectivity index (χ2n) is 7.24. The number of rotatable bonds is 3. The van der Waals surface area contributed by atoms with E-state index < -0.39 is 6.23 Å². The van der Waals surface area contributed by atoms with Gasteiger partial charge in [0, 0.05) is 31.9 Å². The zero-order valence-electron chi connectivity index (χ0n) is 16.2. The molecule has 3 N–H and O–H groups in total. The monoisotopic (exact) mass is 396 g/mol. The van der Waals surface area contributed by atoms with Crippen LogP contribution in [0.2, 0.25) is 0 Å². The maximum Gasteiger partial charge on any atom is 0.343 e. The summed E-state index contributed by atoms with van der Waals surface area (Å²) in [7, 11) is 1.73. The van der Waals surface area contributed by atoms with Gasteiger partial charge in [-0.3, -0.25) is 4.98 Å². The number of aliphatic hydroxyl groups excluding tert-OH is 1. The predicted octanol–water partition coefficient (Wildman–Crippen LogP) is 1.25. The number of piperidine rings is 1. The molecule has 29 heavy (non-hydrogen) atoms. The van der Waals surface area contributed by atoms with Gasteiger partial charge in [0.2, 0.25) is 0 Å². The number of hydrogen-bond donors (Lipinski definition) is 3. The summed E-state index contributed by atoms with van der Waals surface area (Å²) in [5.41, 5.74) is 1.06. The molecule has 2 aromatic rings. The molecule has 2 amide bonds. The minimum atomic E-state index is -0.875. The molecule has 1 saturated heterocycles. The fourth-order valence-corrected chi connectivity index (χ4v) is 3.60. The fraction of sp³-hybridized carbons (Fsp3) is 0.350. The molecule has 0 spiro atoms. The number of aromatic nitrogens is 3. The maximum atomic E-state index is 12.5. The number of carbonyl (C=O) groups is 1. The van der Waals surface area contributed by atoms with Gasteiger partial charge in [0.15, 0.2) is 12.1 Å². The van der Waals surface area contributed by atoms with Gasteiger partial charge in [-0.2, -0.15) is 0 Å². The normalized spacial score (nSPS) is 19.9. The molecule has 9 nitrogen and oxygen atoms in total. The van der Waals surface area contributed by atoms with Gasteiger partial charge in [0.05, 0.1) is 11.7 Å². The minimum Gasteiger partial charge on any atom is -0.368 e. The molecule has 152 valence electrons. The number of aromatic amines is 1. The number of likely N-dealkylation sites (tertiary alicyclic amines) is 1. The van der Waals surface area contributed by atoms with Gasteiger partial charge in [-0.15, -0.1) is 5.10 Å². The molecule has 2 aliphatic heterocycles. The Bertz CT molecular complexity index is 985. The van der Waals surface area contributed by atoms with Crippen molar-refractivity contribution in [1.82, 2.24) is 29.9 Å². The van der Waals surface area contributed by atoms with E-state index in [2.05, 4.69) is 15.4 Å². The standard InChI is InChI=1S/C20H24N6O3/c1-24-11-5-8-16(18(24)27)21-19(28)25-12-9-15(10-13-25)26-20(29)22-17(23-26)14-6-3-2-4-7-14/h2-8,11,15,18,27H,9-10,12-13H2,1H3,(H,21,28)(H,22,23,29). The van der Waals surface area contributed by atoms with Gasteiger partial charge >= 0.3 is 11.7 Å². The quantitative estimate of drug-likeness (QED) is 0.724. The van der Waals surface area contributed by atoms with E-state index in [1.54, 1.807) is 35.2 Å². The van der Waals surface area contributed by atoms with Crippen LogP contribution in [0.1, 0.15) is 18.9 Å². The van der Waals surface area contributed by atoms with Crippen molar-refractivity contribution in [3.63, 3.8) is 0 Å². The third-order valence-electron chi connectivity index (χ3n) is 5.30. The number of amides is 2. The third-order valence-corrected chi connectivity index (χ3v) is 5.30. The van der Waals surface area contributed by atoms with Crippen molar-refractivity contribution in [2.75, 3.05) is 20.1 Å². The van der Waals surface area contributed by atoms with Crippen molar-refractivity contribution >= 4 is 6.03 Å². The van der Waals surface area contributed by atoms with Crippen molar-refractivity contribution < 1.29 is 9.90 Å². The van der Waals surface area contributed by atoms with Crippen LogP contribution >= 0.6 is 0 Å². The molecule has 2 aliphatic rings. The molecule has 1 fully saturated rings. The molecule has 1 unspecified atom stereocenters. The topological polar surface area (TPSA) is 106 Å². The molecule has 0 aliphatic carbocycles. The average molecular weight is 396 g/mol. The fourth-order valence-electron chi connectivity index (χ4n) is 3.60. The molecule has 9 heteroatoms. The van der Waals surface area contributed by atoms with Gasteiger partial charge in [0.1, 0.15) is 0 Å². The van der Waals surface area contributed by atoms with E-state index in [4.69, 9.17) is 0 Å². The number of H-pyrrole nitrogens is 1. The highest BCUT2D eigenvalue weighted by Gasteiger charge is 2.28. The number of likely N-dealkylation sites (N-methyl/N-ethyl adjacent to an activating group) is 1. The van der Waals surface area contributed by atoms with Crippen LogP contribution in [0.4, 0.5) is 4.79 Å². The second kappa shape index (κ2) is 7.96. The van der Waals surface area contributed by atoms with Gasteiger partial charge in [-0.05, 0) is 25.0 Å². The van der Waals surface area contributed by atoms with Crippen molar-refractivity contribution in [2.24, 2.45) is 0 Å². The Morgan fingerprint density at radius 3 is 2.69 bits per heavy atom. The van der Waals surface area contributed by atoms with Crippen molar-refractivity contribution in [2.45, 2.75) is 25.1 Å². The lowest BCUT2D eigenvalue weighted by Crippen LogP contribution is -2.48. The van der Waals surface area contributed by atoms with Gasteiger partial charge in [-0.25, -0.2) is 14.3 Å². The van der Waals surface area contributed by atoms with Crippen molar-refractivity contribution in [3.8, 4) is 11.4 Å². The summed E-state index contributed by atoms with van der Waals surface area (Å²) in [5.74, 6) is 0.547. The minimum absolute atomic E-state index is 0.0613. The maximum absolute atomic E-state index is 12.5. The summed E-state index contributed by atoms with van der Waals surface area (Å²) >= 11 is 0. The van der Waals surface area contributed by atoms with Gasteiger partial charge in [-0.1, -0.05) is 30.3 Å². The van der Waals surface area contributed by atoms with Crippen LogP contribution in [0, 0.1) is 0 Å². The van der Waals surface area contributed by atoms with Crippen LogP contribution in [0.15, 0.2) is 59.2 Å². The van der Waals surface area contributed by atoms with E-state index in [0.29, 0.717) is 37.5 Å². The van der Waals surface area contributed by atoms with E-state index in [9.17, 15) is 14.7 Å². The van der Waals surface area contributed by atoms with Crippen LogP contribution in [-0.4, -0.2) is 62.1 Å². The molecule has 1 atom stereocenters. The third kappa shape index (κ3) is 3.95. The highest BCUT2D eigenvalue weighted by molar-refractivity contribution is 5.76. The SMILES string of the molecule is CN1C=CC=C(NC(=O)N2CCC(n3nc(-c4ccccc4)[nH]c3=O)CC2)C1O. The number of nitrogens with one attached hydrogen (secondary N) is 2. The van der Waals surface area contributed by atoms with E-state index >= 15 is 0 Å². The van der Waals surface area contributed by atoms with Crippen LogP contribution in [0.25, 0.3) is 11.4 Å². The number of benzene rings is 1. The highest BCUT2D eigenvalue weighted by Crippen LogP contribution is 2.22. The Morgan fingerprint density at radius 2 is 1.97 bits per heavy atom. The molecule has 0 radical (unpaired) electrons. The van der Waals surface area contributed by atoms with Crippen LogP contribution < -0.4 is 11.0 Å². The predicted molar refractivity (Wildman–Crippen MR) is 108 cm³/mol. The number of hydrogen-bond acceptors (Lipinski definition) is 5. The molecule has 1 aromatic heterocycles. The Morgan fingerprint density at radius 1 is 1.24 bits per heavy atom. The molecule has 4 rings (SSSR count). The van der Waals surface area contributed by atoms with Crippen LogP contribution in [0.5, 0.6) is 0 Å². The Labute approximate surface area is 167 Å². The van der Waals surface area contributed by atoms with E-state index in [0.717, 1.165) is 5.56 Å². The summed E-state index contributed by atoms with van der Waals surface area (Å²) in [4.78, 5) is 31.0. The molecule has 0 saturated carbocycles. The zero-order valence-corrected chi connectivity index (χ0v) is 16.2. The van der Waals surface area contributed by atoms with E-state index in [-0.39, 0.29) is 17.8 Å². The number of aliphatic hydroxyl groups is 1. The lowest BCUT2D eigenvalue weighted by molar-refractivity contribution is 0.0786. The van der Waals surface area contributed by atoms with Gasteiger partial charge in [0.25, 0.3) is 0 Å². The summed E-state index contributed by atoms with van der Waals surface area (Å²) in [5, 5.41) is 17.4.